The molecule has 1 amide bonds. The summed E-state index contributed by atoms with van der Waals surface area (Å²) in [6, 6.07) is 6.16. The topological polar surface area (TPSA) is 66.5 Å². The van der Waals surface area contributed by atoms with Crippen LogP contribution in [-0.4, -0.2) is 42.8 Å². The van der Waals surface area contributed by atoms with E-state index in [0.717, 1.165) is 18.4 Å². The first-order valence-electron chi connectivity index (χ1n) is 7.42. The Hall–Kier alpha value is -1.05. The molecular formula is C15H20N2O3S2. The summed E-state index contributed by atoms with van der Waals surface area (Å²) in [5.41, 5.74) is 1.01. The van der Waals surface area contributed by atoms with E-state index in [2.05, 4.69) is 5.32 Å². The molecule has 1 aliphatic carbocycles. The fourth-order valence-electron chi connectivity index (χ4n) is 2.40. The van der Waals surface area contributed by atoms with Gasteiger partial charge in [-0.3, -0.25) is 4.79 Å². The third-order valence-corrected chi connectivity index (χ3v) is 7.08. The molecule has 1 aromatic carbocycles. The Morgan fingerprint density at radius 1 is 1.32 bits per heavy atom. The van der Waals surface area contributed by atoms with Crippen LogP contribution in [0.15, 0.2) is 29.2 Å². The van der Waals surface area contributed by atoms with Crippen LogP contribution in [0.3, 0.4) is 0 Å². The van der Waals surface area contributed by atoms with Crippen molar-refractivity contribution in [2.75, 3.05) is 18.2 Å². The SMILES string of the molecule is Cc1ccc(S(=O)(=O)N2CSC[C@@H]2C(=O)NCC2CC2)cc1. The zero-order valence-electron chi connectivity index (χ0n) is 12.5. The van der Waals surface area contributed by atoms with Gasteiger partial charge >= 0.3 is 0 Å². The summed E-state index contributed by atoms with van der Waals surface area (Å²) in [5.74, 6) is 1.26. The van der Waals surface area contributed by atoms with Gasteiger partial charge in [0.05, 0.1) is 10.8 Å². The fourth-order valence-corrected chi connectivity index (χ4v) is 5.55. The number of carbonyl (C=O) groups is 1. The molecule has 1 aliphatic heterocycles. The van der Waals surface area contributed by atoms with Crippen LogP contribution in [0.25, 0.3) is 0 Å². The van der Waals surface area contributed by atoms with Crippen LogP contribution in [0.4, 0.5) is 0 Å². The Morgan fingerprint density at radius 2 is 2.00 bits per heavy atom. The van der Waals surface area contributed by atoms with Crippen molar-refractivity contribution in [3.63, 3.8) is 0 Å². The van der Waals surface area contributed by atoms with E-state index >= 15 is 0 Å². The molecule has 7 heteroatoms. The number of nitrogens with one attached hydrogen (secondary N) is 1. The molecule has 3 rings (SSSR count). The van der Waals surface area contributed by atoms with E-state index in [0.29, 0.717) is 24.1 Å². The van der Waals surface area contributed by atoms with E-state index in [9.17, 15) is 13.2 Å². The van der Waals surface area contributed by atoms with Gasteiger partial charge in [-0.1, -0.05) is 17.7 Å². The van der Waals surface area contributed by atoms with Crippen LogP contribution in [0.2, 0.25) is 0 Å². The maximum absolute atomic E-state index is 12.7. The molecule has 0 aromatic heterocycles. The lowest BCUT2D eigenvalue weighted by molar-refractivity contribution is -0.123. The average Bonchev–Trinajstić information content (AvgIpc) is 3.18. The minimum absolute atomic E-state index is 0.174. The van der Waals surface area contributed by atoms with E-state index in [1.165, 1.54) is 16.1 Å². The van der Waals surface area contributed by atoms with Crippen molar-refractivity contribution in [3.05, 3.63) is 29.8 Å². The summed E-state index contributed by atoms with van der Waals surface area (Å²) >= 11 is 1.48. The van der Waals surface area contributed by atoms with E-state index in [-0.39, 0.29) is 10.8 Å². The molecule has 1 atom stereocenters. The second-order valence-corrected chi connectivity index (χ2v) is 8.80. The molecule has 1 aromatic rings. The summed E-state index contributed by atoms with van der Waals surface area (Å²) in [6.45, 7) is 2.58. The highest BCUT2D eigenvalue weighted by Gasteiger charge is 2.40. The predicted octanol–water partition coefficient (Wildman–Crippen LogP) is 1.58. The smallest absolute Gasteiger partial charge is 0.244 e. The lowest BCUT2D eigenvalue weighted by atomic mass is 10.2. The summed E-state index contributed by atoms with van der Waals surface area (Å²) in [7, 11) is -3.62. The van der Waals surface area contributed by atoms with Gasteiger partial charge in [-0.25, -0.2) is 8.42 Å². The molecular weight excluding hydrogens is 320 g/mol. The highest BCUT2D eigenvalue weighted by atomic mass is 32.2. The lowest BCUT2D eigenvalue weighted by Gasteiger charge is -2.22. The van der Waals surface area contributed by atoms with E-state index in [1.54, 1.807) is 24.3 Å². The minimum atomic E-state index is -3.62. The monoisotopic (exact) mass is 340 g/mol. The molecule has 0 radical (unpaired) electrons. The third-order valence-electron chi connectivity index (χ3n) is 4.03. The molecule has 22 heavy (non-hydrogen) atoms. The Bertz CT molecular complexity index is 654. The van der Waals surface area contributed by atoms with E-state index < -0.39 is 16.1 Å². The summed E-state index contributed by atoms with van der Waals surface area (Å²) in [5, 5.41) is 2.89. The quantitative estimate of drug-likeness (QED) is 0.884. The molecule has 120 valence electrons. The predicted molar refractivity (Wildman–Crippen MR) is 87.1 cm³/mol. The van der Waals surface area contributed by atoms with Crippen molar-refractivity contribution < 1.29 is 13.2 Å². The van der Waals surface area contributed by atoms with Crippen LogP contribution in [0.1, 0.15) is 18.4 Å². The van der Waals surface area contributed by atoms with Crippen molar-refractivity contribution in [3.8, 4) is 0 Å². The van der Waals surface area contributed by atoms with Crippen molar-refractivity contribution in [1.82, 2.24) is 9.62 Å². The van der Waals surface area contributed by atoms with E-state index in [4.69, 9.17) is 0 Å². The minimum Gasteiger partial charge on any atom is -0.354 e. The molecule has 1 N–H and O–H groups in total. The molecule has 1 saturated carbocycles. The zero-order valence-corrected chi connectivity index (χ0v) is 14.1. The van der Waals surface area contributed by atoms with Gasteiger partial charge in [-0.05, 0) is 37.8 Å². The molecule has 0 bridgehead atoms. The van der Waals surface area contributed by atoms with Crippen LogP contribution in [0, 0.1) is 12.8 Å². The second-order valence-electron chi connectivity index (χ2n) is 5.91. The highest BCUT2D eigenvalue weighted by Crippen LogP contribution is 2.30. The number of hydrogen-bond acceptors (Lipinski definition) is 4. The number of hydrogen-bond donors (Lipinski definition) is 1. The van der Waals surface area contributed by atoms with Gasteiger partial charge in [0.25, 0.3) is 0 Å². The molecule has 1 saturated heterocycles. The number of thioether (sulfide) groups is 1. The highest BCUT2D eigenvalue weighted by molar-refractivity contribution is 8.00. The summed E-state index contributed by atoms with van der Waals surface area (Å²) in [6.07, 6.45) is 2.32. The van der Waals surface area contributed by atoms with Gasteiger partial charge in [-0.2, -0.15) is 4.31 Å². The lowest BCUT2D eigenvalue weighted by Crippen LogP contribution is -2.47. The largest absolute Gasteiger partial charge is 0.354 e. The van der Waals surface area contributed by atoms with E-state index in [1.807, 2.05) is 6.92 Å². The molecule has 2 fully saturated rings. The van der Waals surface area contributed by atoms with Crippen LogP contribution >= 0.6 is 11.8 Å². The van der Waals surface area contributed by atoms with Gasteiger partial charge in [0.15, 0.2) is 0 Å². The van der Waals surface area contributed by atoms with Gasteiger partial charge in [-0.15, -0.1) is 11.8 Å². The molecule has 2 aliphatic rings. The first kappa shape index (κ1) is 15.8. The van der Waals surface area contributed by atoms with Crippen molar-refractivity contribution in [1.29, 1.82) is 0 Å². The third kappa shape index (κ3) is 3.31. The molecule has 0 unspecified atom stereocenters. The Balaban J connectivity index is 1.75. The summed E-state index contributed by atoms with van der Waals surface area (Å²) in [4.78, 5) is 12.5. The Morgan fingerprint density at radius 3 is 2.64 bits per heavy atom. The van der Waals surface area contributed by atoms with Crippen LogP contribution in [-0.2, 0) is 14.8 Å². The Labute approximate surface area is 135 Å². The van der Waals surface area contributed by atoms with Gasteiger partial charge in [0, 0.05) is 12.3 Å². The molecule has 0 spiro atoms. The van der Waals surface area contributed by atoms with Crippen LogP contribution < -0.4 is 5.32 Å². The zero-order chi connectivity index (χ0) is 15.7. The maximum Gasteiger partial charge on any atom is 0.244 e. The standard InChI is InChI=1S/C15H20N2O3S2/c1-11-2-6-13(7-3-11)22(19,20)17-10-21-9-14(17)15(18)16-8-12-4-5-12/h2-3,6-7,12,14H,4-5,8-10H2,1H3,(H,16,18)/t14-/m1/s1. The normalized spacial score (nSPS) is 22.7. The van der Waals surface area contributed by atoms with Crippen molar-refractivity contribution in [2.24, 2.45) is 5.92 Å². The number of amides is 1. The average molecular weight is 340 g/mol. The van der Waals surface area contributed by atoms with Crippen LogP contribution in [0.5, 0.6) is 0 Å². The first-order chi connectivity index (χ1) is 10.5. The maximum atomic E-state index is 12.7. The summed E-state index contributed by atoms with van der Waals surface area (Å²) < 4.78 is 26.8. The number of carbonyl (C=O) groups excluding carboxylic acids is 1. The first-order valence-corrected chi connectivity index (χ1v) is 10.0. The fraction of sp³-hybridized carbons (Fsp3) is 0.533. The number of aryl methyl sites for hydroxylation is 1. The van der Waals surface area contributed by atoms with Crippen molar-refractivity contribution >= 4 is 27.7 Å². The number of nitrogens with zero attached hydrogens (tertiary/aromatic N) is 1. The number of benzene rings is 1. The van der Waals surface area contributed by atoms with Gasteiger partial charge < -0.3 is 5.32 Å². The number of rotatable bonds is 5. The van der Waals surface area contributed by atoms with Crippen molar-refractivity contribution in [2.45, 2.75) is 30.7 Å². The molecule has 5 nitrogen and oxygen atoms in total. The molecule has 1 heterocycles. The second kappa shape index (κ2) is 6.22. The number of sulfonamides is 1. The van der Waals surface area contributed by atoms with Gasteiger partial charge in [0.1, 0.15) is 6.04 Å². The Kier molecular flexibility index (Phi) is 4.47. The van der Waals surface area contributed by atoms with Gasteiger partial charge in [0.2, 0.25) is 15.9 Å².